The molecule has 0 saturated heterocycles. The van der Waals surface area contributed by atoms with Crippen molar-refractivity contribution in [1.29, 1.82) is 0 Å². The van der Waals surface area contributed by atoms with Crippen molar-refractivity contribution < 1.29 is 4.74 Å². The van der Waals surface area contributed by atoms with Crippen LogP contribution in [0.15, 0.2) is 24.3 Å². The minimum Gasteiger partial charge on any atom is -0.494 e. The van der Waals surface area contributed by atoms with Crippen LogP contribution in [0.4, 0.5) is 0 Å². The molecule has 0 spiro atoms. The van der Waals surface area contributed by atoms with Crippen LogP contribution in [0.25, 0.3) is 0 Å². The molecule has 102 valence electrons. The largest absolute Gasteiger partial charge is 0.494 e. The van der Waals surface area contributed by atoms with Gasteiger partial charge in [0, 0.05) is 12.6 Å². The highest BCUT2D eigenvalue weighted by molar-refractivity contribution is 5.27. The molecule has 18 heavy (non-hydrogen) atoms. The van der Waals surface area contributed by atoms with Crippen LogP contribution in [0.2, 0.25) is 0 Å². The van der Waals surface area contributed by atoms with Gasteiger partial charge in [0.05, 0.1) is 6.61 Å². The Morgan fingerprint density at radius 2 is 1.78 bits per heavy atom. The monoisotopic (exact) mass is 249 g/mol. The second kappa shape index (κ2) is 8.15. The lowest BCUT2D eigenvalue weighted by molar-refractivity contribution is 0.317. The van der Waals surface area contributed by atoms with E-state index in [0.717, 1.165) is 31.2 Å². The van der Waals surface area contributed by atoms with Crippen LogP contribution in [0, 0.1) is 5.92 Å². The molecule has 0 saturated carbocycles. The summed E-state index contributed by atoms with van der Waals surface area (Å²) in [6.07, 6.45) is 2.27. The molecule has 1 aromatic carbocycles. The highest BCUT2D eigenvalue weighted by Gasteiger charge is 2.04. The molecule has 1 rings (SSSR count). The van der Waals surface area contributed by atoms with E-state index >= 15 is 0 Å². The number of hydrogen-bond acceptors (Lipinski definition) is 2. The molecular formula is C16H27NO. The number of benzene rings is 1. The Kier molecular flexibility index (Phi) is 6.81. The minimum atomic E-state index is 0.570. The summed E-state index contributed by atoms with van der Waals surface area (Å²) in [5.74, 6) is 1.72. The van der Waals surface area contributed by atoms with Gasteiger partial charge in [-0.05, 0) is 43.4 Å². The second-order valence-corrected chi connectivity index (χ2v) is 5.40. The SMILES string of the molecule is CCCOc1ccc(CNC(C)CC(C)C)cc1. The molecule has 1 N–H and O–H groups in total. The molecule has 1 unspecified atom stereocenters. The molecule has 0 amide bonds. The van der Waals surface area contributed by atoms with Crippen molar-refractivity contribution in [1.82, 2.24) is 5.32 Å². The standard InChI is InChI=1S/C16H27NO/c1-5-10-18-16-8-6-15(7-9-16)12-17-14(4)11-13(2)3/h6-9,13-14,17H,5,10-12H2,1-4H3. The minimum absolute atomic E-state index is 0.570. The van der Waals surface area contributed by atoms with E-state index in [1.54, 1.807) is 0 Å². The van der Waals surface area contributed by atoms with Gasteiger partial charge in [-0.2, -0.15) is 0 Å². The molecule has 1 atom stereocenters. The van der Waals surface area contributed by atoms with Gasteiger partial charge in [0.25, 0.3) is 0 Å². The number of hydrogen-bond donors (Lipinski definition) is 1. The second-order valence-electron chi connectivity index (χ2n) is 5.40. The first-order valence-corrected chi connectivity index (χ1v) is 7.07. The van der Waals surface area contributed by atoms with Gasteiger partial charge < -0.3 is 10.1 Å². The molecule has 0 heterocycles. The molecular weight excluding hydrogens is 222 g/mol. The lowest BCUT2D eigenvalue weighted by Gasteiger charge is -2.16. The predicted molar refractivity (Wildman–Crippen MR) is 78.0 cm³/mol. The van der Waals surface area contributed by atoms with Gasteiger partial charge in [0.15, 0.2) is 0 Å². The van der Waals surface area contributed by atoms with Gasteiger partial charge in [0.1, 0.15) is 5.75 Å². The summed E-state index contributed by atoms with van der Waals surface area (Å²) in [6.45, 7) is 10.6. The van der Waals surface area contributed by atoms with Crippen molar-refractivity contribution in [2.45, 2.75) is 53.1 Å². The third-order valence-electron chi connectivity index (χ3n) is 2.88. The molecule has 0 aromatic heterocycles. The van der Waals surface area contributed by atoms with Crippen molar-refractivity contribution in [2.24, 2.45) is 5.92 Å². The van der Waals surface area contributed by atoms with Gasteiger partial charge >= 0.3 is 0 Å². The molecule has 0 aliphatic heterocycles. The first-order chi connectivity index (χ1) is 8.61. The summed E-state index contributed by atoms with van der Waals surface area (Å²) in [5.41, 5.74) is 1.31. The van der Waals surface area contributed by atoms with Crippen molar-refractivity contribution in [3.05, 3.63) is 29.8 Å². The quantitative estimate of drug-likeness (QED) is 0.752. The van der Waals surface area contributed by atoms with Crippen LogP contribution in [-0.4, -0.2) is 12.6 Å². The zero-order valence-electron chi connectivity index (χ0n) is 12.2. The maximum Gasteiger partial charge on any atom is 0.119 e. The van der Waals surface area contributed by atoms with Crippen LogP contribution in [0.1, 0.15) is 46.1 Å². The summed E-state index contributed by atoms with van der Waals surface area (Å²) in [4.78, 5) is 0. The van der Waals surface area contributed by atoms with Crippen LogP contribution >= 0.6 is 0 Å². The Balaban J connectivity index is 2.34. The van der Waals surface area contributed by atoms with Crippen LogP contribution in [0.3, 0.4) is 0 Å². The average Bonchev–Trinajstić information content (AvgIpc) is 2.34. The maximum absolute atomic E-state index is 5.57. The van der Waals surface area contributed by atoms with Gasteiger partial charge in [-0.1, -0.05) is 32.9 Å². The van der Waals surface area contributed by atoms with E-state index in [0.29, 0.717) is 6.04 Å². The molecule has 1 aromatic rings. The fraction of sp³-hybridized carbons (Fsp3) is 0.625. The Morgan fingerprint density at radius 3 is 2.33 bits per heavy atom. The third-order valence-corrected chi connectivity index (χ3v) is 2.88. The number of ether oxygens (including phenoxy) is 1. The molecule has 0 fully saturated rings. The summed E-state index contributed by atoms with van der Waals surface area (Å²) in [6, 6.07) is 8.96. The highest BCUT2D eigenvalue weighted by atomic mass is 16.5. The molecule has 0 radical (unpaired) electrons. The summed E-state index contributed by atoms with van der Waals surface area (Å²) in [7, 11) is 0. The summed E-state index contributed by atoms with van der Waals surface area (Å²) in [5, 5.41) is 3.55. The van der Waals surface area contributed by atoms with Crippen LogP contribution in [-0.2, 0) is 6.54 Å². The average molecular weight is 249 g/mol. The van der Waals surface area contributed by atoms with Crippen molar-refractivity contribution in [3.63, 3.8) is 0 Å². The van der Waals surface area contributed by atoms with Gasteiger partial charge in [0.2, 0.25) is 0 Å². The van der Waals surface area contributed by atoms with E-state index in [2.05, 4.69) is 57.3 Å². The molecule has 0 aliphatic carbocycles. The Morgan fingerprint density at radius 1 is 1.11 bits per heavy atom. The van der Waals surface area contributed by atoms with E-state index in [9.17, 15) is 0 Å². The zero-order chi connectivity index (χ0) is 13.4. The van der Waals surface area contributed by atoms with E-state index in [1.165, 1.54) is 12.0 Å². The maximum atomic E-state index is 5.57. The summed E-state index contributed by atoms with van der Waals surface area (Å²) < 4.78 is 5.57. The predicted octanol–water partition coefficient (Wildman–Crippen LogP) is 4.00. The fourth-order valence-electron chi connectivity index (χ4n) is 2.01. The number of rotatable bonds is 8. The molecule has 0 bridgehead atoms. The molecule has 0 aliphatic rings. The highest BCUT2D eigenvalue weighted by Crippen LogP contribution is 2.13. The fourth-order valence-corrected chi connectivity index (χ4v) is 2.01. The molecule has 2 nitrogen and oxygen atoms in total. The van der Waals surface area contributed by atoms with E-state index in [4.69, 9.17) is 4.74 Å². The van der Waals surface area contributed by atoms with Gasteiger partial charge in [-0.25, -0.2) is 0 Å². The summed E-state index contributed by atoms with van der Waals surface area (Å²) >= 11 is 0. The normalized spacial score (nSPS) is 12.7. The first kappa shape index (κ1) is 15.0. The van der Waals surface area contributed by atoms with Crippen molar-refractivity contribution >= 4 is 0 Å². The zero-order valence-corrected chi connectivity index (χ0v) is 12.2. The van der Waals surface area contributed by atoms with E-state index in [1.807, 2.05) is 0 Å². The topological polar surface area (TPSA) is 21.3 Å². The van der Waals surface area contributed by atoms with Gasteiger partial charge in [-0.15, -0.1) is 0 Å². The smallest absolute Gasteiger partial charge is 0.119 e. The Bertz CT molecular complexity index is 318. The van der Waals surface area contributed by atoms with Crippen LogP contribution < -0.4 is 10.1 Å². The lowest BCUT2D eigenvalue weighted by atomic mass is 10.1. The Hall–Kier alpha value is -1.02. The number of nitrogens with one attached hydrogen (secondary N) is 1. The van der Waals surface area contributed by atoms with Crippen LogP contribution in [0.5, 0.6) is 5.75 Å². The van der Waals surface area contributed by atoms with Gasteiger partial charge in [-0.3, -0.25) is 0 Å². The van der Waals surface area contributed by atoms with Crippen molar-refractivity contribution in [2.75, 3.05) is 6.61 Å². The Labute approximate surface area is 112 Å². The first-order valence-electron chi connectivity index (χ1n) is 7.07. The van der Waals surface area contributed by atoms with Crippen molar-refractivity contribution in [3.8, 4) is 5.75 Å². The third kappa shape index (κ3) is 6.06. The lowest BCUT2D eigenvalue weighted by Crippen LogP contribution is -2.26. The van der Waals surface area contributed by atoms with E-state index in [-0.39, 0.29) is 0 Å². The van der Waals surface area contributed by atoms with E-state index < -0.39 is 0 Å². The molecule has 2 heteroatoms.